The van der Waals surface area contributed by atoms with Crippen LogP contribution in [0.5, 0.6) is 0 Å². The SMILES string of the molecule is O[C@@H]1[C@H](OCc2ccccc2)O[C@H]2COC(c3ccccc3)O[C@@H]2[C@H]1O. The van der Waals surface area contributed by atoms with Crippen LogP contribution < -0.4 is 0 Å². The Morgan fingerprint density at radius 2 is 1.58 bits per heavy atom. The Morgan fingerprint density at radius 1 is 0.885 bits per heavy atom. The Bertz CT molecular complexity index is 692. The van der Waals surface area contributed by atoms with Crippen molar-refractivity contribution in [3.05, 3.63) is 71.8 Å². The molecule has 0 amide bonds. The fourth-order valence-electron chi connectivity index (χ4n) is 3.25. The lowest BCUT2D eigenvalue weighted by Crippen LogP contribution is -2.62. The molecule has 6 heteroatoms. The molecule has 138 valence electrons. The van der Waals surface area contributed by atoms with E-state index in [0.717, 1.165) is 11.1 Å². The molecule has 1 unspecified atom stereocenters. The molecule has 0 spiro atoms. The summed E-state index contributed by atoms with van der Waals surface area (Å²) >= 11 is 0. The molecule has 0 bridgehead atoms. The smallest absolute Gasteiger partial charge is 0.187 e. The molecule has 6 nitrogen and oxygen atoms in total. The first-order valence-electron chi connectivity index (χ1n) is 8.71. The van der Waals surface area contributed by atoms with E-state index in [2.05, 4.69) is 0 Å². The van der Waals surface area contributed by atoms with Crippen molar-refractivity contribution in [2.75, 3.05) is 6.61 Å². The third-order valence-corrected chi connectivity index (χ3v) is 4.66. The van der Waals surface area contributed by atoms with Crippen molar-refractivity contribution in [3.8, 4) is 0 Å². The summed E-state index contributed by atoms with van der Waals surface area (Å²) in [5.74, 6) is 0. The van der Waals surface area contributed by atoms with Crippen molar-refractivity contribution in [1.29, 1.82) is 0 Å². The van der Waals surface area contributed by atoms with Crippen LogP contribution in [-0.4, -0.2) is 47.5 Å². The lowest BCUT2D eigenvalue weighted by atomic mass is 9.98. The second-order valence-corrected chi connectivity index (χ2v) is 6.50. The van der Waals surface area contributed by atoms with Crippen LogP contribution in [0.4, 0.5) is 0 Å². The van der Waals surface area contributed by atoms with Gasteiger partial charge in [-0.05, 0) is 5.56 Å². The molecule has 6 atom stereocenters. The van der Waals surface area contributed by atoms with E-state index in [1.807, 2.05) is 60.7 Å². The summed E-state index contributed by atoms with van der Waals surface area (Å²) < 4.78 is 23.1. The minimum absolute atomic E-state index is 0.249. The molecular weight excluding hydrogens is 336 g/mol. The Labute approximate surface area is 151 Å². The minimum Gasteiger partial charge on any atom is -0.387 e. The molecule has 0 saturated carbocycles. The minimum atomic E-state index is -1.20. The number of hydrogen-bond donors (Lipinski definition) is 2. The molecule has 0 radical (unpaired) electrons. The van der Waals surface area contributed by atoms with Gasteiger partial charge in [0.1, 0.15) is 24.4 Å². The molecule has 2 fully saturated rings. The van der Waals surface area contributed by atoms with Gasteiger partial charge in [-0.25, -0.2) is 0 Å². The highest BCUT2D eigenvalue weighted by Crippen LogP contribution is 2.34. The van der Waals surface area contributed by atoms with Gasteiger partial charge in [-0.15, -0.1) is 0 Å². The monoisotopic (exact) mass is 358 g/mol. The maximum Gasteiger partial charge on any atom is 0.187 e. The molecule has 4 rings (SSSR count). The highest BCUT2D eigenvalue weighted by Gasteiger charge is 2.49. The second-order valence-electron chi connectivity index (χ2n) is 6.50. The number of aliphatic hydroxyl groups is 2. The normalized spacial score (nSPS) is 34.2. The summed E-state index contributed by atoms with van der Waals surface area (Å²) in [6, 6.07) is 19.1. The molecule has 2 aliphatic rings. The Kier molecular flexibility index (Phi) is 5.31. The van der Waals surface area contributed by atoms with E-state index in [0.29, 0.717) is 0 Å². The van der Waals surface area contributed by atoms with Crippen LogP contribution in [0, 0.1) is 0 Å². The van der Waals surface area contributed by atoms with Gasteiger partial charge in [-0.1, -0.05) is 60.7 Å². The summed E-state index contributed by atoms with van der Waals surface area (Å²) in [6.45, 7) is 0.528. The molecule has 2 N–H and O–H groups in total. The molecular formula is C20H22O6. The number of fused-ring (bicyclic) bond motifs is 1. The van der Waals surface area contributed by atoms with Gasteiger partial charge in [0.05, 0.1) is 13.2 Å². The van der Waals surface area contributed by atoms with Crippen LogP contribution in [-0.2, 0) is 25.6 Å². The zero-order chi connectivity index (χ0) is 17.9. The third kappa shape index (κ3) is 3.66. The quantitative estimate of drug-likeness (QED) is 0.867. The van der Waals surface area contributed by atoms with Crippen molar-refractivity contribution >= 4 is 0 Å². The zero-order valence-corrected chi connectivity index (χ0v) is 14.2. The molecule has 2 aromatic carbocycles. The van der Waals surface area contributed by atoms with E-state index >= 15 is 0 Å². The molecule has 0 aliphatic carbocycles. The Morgan fingerprint density at radius 3 is 2.31 bits per heavy atom. The fourth-order valence-corrected chi connectivity index (χ4v) is 3.25. The van der Waals surface area contributed by atoms with Crippen molar-refractivity contribution in [2.24, 2.45) is 0 Å². The average molecular weight is 358 g/mol. The zero-order valence-electron chi connectivity index (χ0n) is 14.2. The van der Waals surface area contributed by atoms with E-state index < -0.39 is 37.0 Å². The van der Waals surface area contributed by atoms with Crippen molar-refractivity contribution in [1.82, 2.24) is 0 Å². The molecule has 0 aromatic heterocycles. The molecule has 26 heavy (non-hydrogen) atoms. The van der Waals surface area contributed by atoms with E-state index in [4.69, 9.17) is 18.9 Å². The second kappa shape index (κ2) is 7.84. The van der Waals surface area contributed by atoms with Gasteiger partial charge in [0, 0.05) is 5.56 Å². The first-order valence-corrected chi connectivity index (χ1v) is 8.71. The van der Waals surface area contributed by atoms with E-state index in [9.17, 15) is 10.2 Å². The lowest BCUT2D eigenvalue weighted by Gasteiger charge is -2.46. The van der Waals surface area contributed by atoms with Gasteiger partial charge in [0.15, 0.2) is 12.6 Å². The Hall–Kier alpha value is -1.80. The van der Waals surface area contributed by atoms with Crippen LogP contribution in [0.15, 0.2) is 60.7 Å². The topological polar surface area (TPSA) is 77.4 Å². The summed E-state index contributed by atoms with van der Waals surface area (Å²) in [5, 5.41) is 20.9. The van der Waals surface area contributed by atoms with Crippen LogP contribution in [0.1, 0.15) is 17.4 Å². The van der Waals surface area contributed by atoms with Gasteiger partial charge in [-0.2, -0.15) is 0 Å². The van der Waals surface area contributed by atoms with Crippen molar-refractivity contribution in [2.45, 2.75) is 43.6 Å². The maximum atomic E-state index is 10.5. The van der Waals surface area contributed by atoms with Gasteiger partial charge in [0.25, 0.3) is 0 Å². The summed E-state index contributed by atoms with van der Waals surface area (Å²) in [7, 11) is 0. The predicted molar refractivity (Wildman–Crippen MR) is 91.9 cm³/mol. The maximum absolute atomic E-state index is 10.5. The van der Waals surface area contributed by atoms with E-state index in [1.54, 1.807) is 0 Å². The first kappa shape index (κ1) is 17.6. The third-order valence-electron chi connectivity index (χ3n) is 4.66. The van der Waals surface area contributed by atoms with Gasteiger partial charge in [0.2, 0.25) is 0 Å². The van der Waals surface area contributed by atoms with Crippen LogP contribution in [0.3, 0.4) is 0 Å². The van der Waals surface area contributed by atoms with Crippen LogP contribution in [0.25, 0.3) is 0 Å². The van der Waals surface area contributed by atoms with E-state index in [-0.39, 0.29) is 13.2 Å². The first-order chi connectivity index (χ1) is 12.7. The molecule has 2 saturated heterocycles. The fraction of sp³-hybridized carbons (Fsp3) is 0.400. The lowest BCUT2D eigenvalue weighted by molar-refractivity contribution is -0.362. The number of hydrogen-bond acceptors (Lipinski definition) is 6. The molecule has 2 heterocycles. The number of benzene rings is 2. The number of rotatable bonds is 4. The highest BCUT2D eigenvalue weighted by molar-refractivity contribution is 5.17. The standard InChI is InChI=1S/C20H22O6/c21-16-17(22)20(23-11-13-7-3-1-4-8-13)25-15-12-24-19(26-18(15)16)14-9-5-2-6-10-14/h1-10,15-22H,11-12H2/t15-,16-,17-,18-,19?,20+/m0/s1. The summed E-state index contributed by atoms with van der Waals surface area (Å²) in [4.78, 5) is 0. The van der Waals surface area contributed by atoms with Crippen molar-refractivity contribution in [3.63, 3.8) is 0 Å². The highest BCUT2D eigenvalue weighted by atomic mass is 16.8. The largest absolute Gasteiger partial charge is 0.387 e. The van der Waals surface area contributed by atoms with Gasteiger partial charge < -0.3 is 29.2 Å². The van der Waals surface area contributed by atoms with E-state index in [1.165, 1.54) is 0 Å². The average Bonchev–Trinajstić information content (AvgIpc) is 2.71. The summed E-state index contributed by atoms with van der Waals surface area (Å²) in [6.07, 6.45) is -5.04. The molecule has 2 aliphatic heterocycles. The number of ether oxygens (including phenoxy) is 4. The van der Waals surface area contributed by atoms with Crippen LogP contribution in [0.2, 0.25) is 0 Å². The number of aliphatic hydroxyl groups excluding tert-OH is 2. The van der Waals surface area contributed by atoms with Crippen LogP contribution >= 0.6 is 0 Å². The van der Waals surface area contributed by atoms with Crippen molar-refractivity contribution < 1.29 is 29.2 Å². The van der Waals surface area contributed by atoms with Gasteiger partial charge >= 0.3 is 0 Å². The predicted octanol–water partition coefficient (Wildman–Crippen LogP) is 1.76. The molecule has 2 aromatic rings. The Balaban J connectivity index is 1.40. The summed E-state index contributed by atoms with van der Waals surface area (Å²) in [5.41, 5.74) is 1.82. The van der Waals surface area contributed by atoms with Gasteiger partial charge in [-0.3, -0.25) is 0 Å².